The van der Waals surface area contributed by atoms with Gasteiger partial charge in [-0.2, -0.15) is 0 Å². The Kier molecular flexibility index (Phi) is 3.47. The topological polar surface area (TPSA) is 80.9 Å². The summed E-state index contributed by atoms with van der Waals surface area (Å²) in [6.45, 7) is 2.73. The van der Waals surface area contributed by atoms with Crippen molar-refractivity contribution in [2.45, 2.75) is 32.2 Å². The maximum Gasteiger partial charge on any atom is 0.265 e. The molecule has 3 N–H and O–H groups in total. The van der Waals surface area contributed by atoms with Gasteiger partial charge in [0.05, 0.1) is 6.04 Å². The van der Waals surface area contributed by atoms with Gasteiger partial charge >= 0.3 is 0 Å². The zero-order valence-electron chi connectivity index (χ0n) is 10.1. The minimum absolute atomic E-state index is 0.0325. The maximum absolute atomic E-state index is 11.8. The monoisotopic (exact) mass is 237 g/mol. The predicted molar refractivity (Wildman–Crippen MR) is 65.9 cm³/mol. The number of rotatable bonds is 2. The van der Waals surface area contributed by atoms with Crippen molar-refractivity contribution in [1.82, 2.24) is 9.78 Å². The quantitative estimate of drug-likeness (QED) is 0.784. The molecule has 1 saturated carbocycles. The summed E-state index contributed by atoms with van der Waals surface area (Å²) in [7, 11) is 0. The van der Waals surface area contributed by atoms with E-state index < -0.39 is 0 Å². The van der Waals surface area contributed by atoms with Gasteiger partial charge in [-0.1, -0.05) is 13.3 Å². The highest BCUT2D eigenvalue weighted by molar-refractivity contribution is 4.91. The van der Waals surface area contributed by atoms with Crippen molar-refractivity contribution in [3.05, 3.63) is 32.8 Å². The minimum atomic E-state index is -0.237. The third-order valence-corrected chi connectivity index (χ3v) is 3.70. The van der Waals surface area contributed by atoms with Crippen molar-refractivity contribution in [3.8, 4) is 0 Å². The van der Waals surface area contributed by atoms with E-state index in [2.05, 4.69) is 12.0 Å². The van der Waals surface area contributed by atoms with Crippen molar-refractivity contribution in [2.75, 3.05) is 6.54 Å². The fourth-order valence-corrected chi connectivity index (χ4v) is 2.69. The molecule has 3 atom stereocenters. The Hall–Kier alpha value is -1.36. The third kappa shape index (κ3) is 2.49. The van der Waals surface area contributed by atoms with Crippen molar-refractivity contribution in [1.29, 1.82) is 0 Å². The molecule has 1 heterocycles. The van der Waals surface area contributed by atoms with Crippen LogP contribution in [0.2, 0.25) is 0 Å². The highest BCUT2D eigenvalue weighted by Crippen LogP contribution is 2.35. The van der Waals surface area contributed by atoms with E-state index in [-0.39, 0.29) is 23.1 Å². The Balaban J connectivity index is 2.38. The second-order valence-electron chi connectivity index (χ2n) is 5.00. The summed E-state index contributed by atoms with van der Waals surface area (Å²) in [6, 6.07) is 2.62. The highest BCUT2D eigenvalue weighted by Gasteiger charge is 2.29. The molecule has 5 nitrogen and oxygen atoms in total. The summed E-state index contributed by atoms with van der Waals surface area (Å²) in [6.07, 6.45) is 3.07. The van der Waals surface area contributed by atoms with Crippen molar-refractivity contribution in [2.24, 2.45) is 17.6 Å². The van der Waals surface area contributed by atoms with Gasteiger partial charge in [-0.3, -0.25) is 14.7 Å². The normalized spacial score (nSPS) is 29.2. The fourth-order valence-electron chi connectivity index (χ4n) is 2.69. The van der Waals surface area contributed by atoms with Crippen LogP contribution in [0.15, 0.2) is 21.7 Å². The van der Waals surface area contributed by atoms with E-state index in [0.717, 1.165) is 19.3 Å². The third-order valence-electron chi connectivity index (χ3n) is 3.70. The summed E-state index contributed by atoms with van der Waals surface area (Å²) in [5.74, 6) is 0.848. The first-order valence-electron chi connectivity index (χ1n) is 6.13. The molecule has 0 amide bonds. The van der Waals surface area contributed by atoms with Crippen molar-refractivity contribution >= 4 is 0 Å². The largest absolute Gasteiger partial charge is 0.330 e. The van der Waals surface area contributed by atoms with Crippen molar-refractivity contribution < 1.29 is 0 Å². The smallest absolute Gasteiger partial charge is 0.265 e. The molecule has 1 fully saturated rings. The van der Waals surface area contributed by atoms with Crippen LogP contribution in [0, 0.1) is 11.8 Å². The number of aromatic amines is 1. The standard InChI is InChI=1S/C12H19N3O2/c1-8-2-3-9(7-13)10(6-8)15-12(17)5-4-11(16)14-15/h4-5,8-10H,2-3,6-7,13H2,1H3,(H,14,16). The number of hydrogen-bond acceptors (Lipinski definition) is 3. The summed E-state index contributed by atoms with van der Waals surface area (Å²) >= 11 is 0. The number of nitrogens with zero attached hydrogens (tertiary/aromatic N) is 1. The molecule has 0 aliphatic heterocycles. The van der Waals surface area contributed by atoms with Crippen LogP contribution in [0.5, 0.6) is 0 Å². The lowest BCUT2D eigenvalue weighted by Gasteiger charge is -2.34. The highest BCUT2D eigenvalue weighted by atomic mass is 16.1. The van der Waals surface area contributed by atoms with Gasteiger partial charge in [-0.15, -0.1) is 0 Å². The number of H-pyrrole nitrogens is 1. The Morgan fingerprint density at radius 2 is 2.18 bits per heavy atom. The van der Waals surface area contributed by atoms with Crippen LogP contribution in [0.3, 0.4) is 0 Å². The second-order valence-corrected chi connectivity index (χ2v) is 5.00. The SMILES string of the molecule is CC1CCC(CN)C(n2[nH]c(=O)ccc2=O)C1. The zero-order valence-corrected chi connectivity index (χ0v) is 10.1. The molecule has 0 spiro atoms. The molecule has 1 aromatic heterocycles. The van der Waals surface area contributed by atoms with Crippen LogP contribution < -0.4 is 16.9 Å². The number of nitrogens with one attached hydrogen (secondary N) is 1. The molecule has 1 aliphatic carbocycles. The molecule has 94 valence electrons. The predicted octanol–water partition coefficient (Wildman–Crippen LogP) is 0.473. The summed E-state index contributed by atoms with van der Waals surface area (Å²) in [5, 5.41) is 2.62. The van der Waals surface area contributed by atoms with Crippen LogP contribution in [0.25, 0.3) is 0 Å². The van der Waals surface area contributed by atoms with Gasteiger partial charge in [-0.25, -0.2) is 4.68 Å². The molecule has 1 aliphatic rings. The Morgan fingerprint density at radius 1 is 1.41 bits per heavy atom. The maximum atomic E-state index is 11.8. The van der Waals surface area contributed by atoms with E-state index in [1.807, 2.05) is 0 Å². The number of aromatic nitrogens is 2. The van der Waals surface area contributed by atoms with E-state index in [0.29, 0.717) is 12.5 Å². The lowest BCUT2D eigenvalue weighted by atomic mass is 9.79. The number of nitrogens with two attached hydrogens (primary N) is 1. The zero-order chi connectivity index (χ0) is 12.4. The summed E-state index contributed by atoms with van der Waals surface area (Å²) < 4.78 is 1.47. The van der Waals surface area contributed by atoms with Gasteiger partial charge in [0, 0.05) is 12.1 Å². The number of hydrogen-bond donors (Lipinski definition) is 2. The Morgan fingerprint density at radius 3 is 2.88 bits per heavy atom. The Bertz CT molecular complexity index is 491. The lowest BCUT2D eigenvalue weighted by Crippen LogP contribution is -2.40. The second kappa shape index (κ2) is 4.87. The average molecular weight is 237 g/mol. The molecule has 0 radical (unpaired) electrons. The van der Waals surface area contributed by atoms with Gasteiger partial charge in [0.25, 0.3) is 11.1 Å². The molecule has 5 heteroatoms. The van der Waals surface area contributed by atoms with Gasteiger partial charge in [0.1, 0.15) is 0 Å². The molecule has 0 saturated heterocycles. The van der Waals surface area contributed by atoms with Gasteiger partial charge < -0.3 is 5.73 Å². The van der Waals surface area contributed by atoms with Crippen LogP contribution >= 0.6 is 0 Å². The molecule has 3 unspecified atom stereocenters. The first kappa shape index (κ1) is 12.1. The van der Waals surface area contributed by atoms with Crippen LogP contribution in [0.1, 0.15) is 32.2 Å². The minimum Gasteiger partial charge on any atom is -0.330 e. The molecule has 17 heavy (non-hydrogen) atoms. The molecular weight excluding hydrogens is 218 g/mol. The summed E-state index contributed by atoms with van der Waals surface area (Å²) in [4.78, 5) is 23.1. The van der Waals surface area contributed by atoms with E-state index in [9.17, 15) is 9.59 Å². The van der Waals surface area contributed by atoms with E-state index in [4.69, 9.17) is 5.73 Å². The van der Waals surface area contributed by atoms with E-state index >= 15 is 0 Å². The Labute approximate surface area is 99.6 Å². The van der Waals surface area contributed by atoms with Crippen molar-refractivity contribution in [3.63, 3.8) is 0 Å². The van der Waals surface area contributed by atoms with Gasteiger partial charge in [0.2, 0.25) is 0 Å². The molecule has 1 aromatic rings. The average Bonchev–Trinajstić information content (AvgIpc) is 2.32. The van der Waals surface area contributed by atoms with Crippen LogP contribution in [0.4, 0.5) is 0 Å². The first-order chi connectivity index (χ1) is 8.11. The first-order valence-corrected chi connectivity index (χ1v) is 6.13. The van der Waals surface area contributed by atoms with Gasteiger partial charge in [-0.05, 0) is 31.2 Å². The van der Waals surface area contributed by atoms with Gasteiger partial charge in [0.15, 0.2) is 0 Å². The molecule has 0 aromatic carbocycles. The molecule has 0 bridgehead atoms. The van der Waals surface area contributed by atoms with E-state index in [1.54, 1.807) is 0 Å². The lowest BCUT2D eigenvalue weighted by molar-refractivity contribution is 0.179. The molecule has 2 rings (SSSR count). The van der Waals surface area contributed by atoms with Crippen LogP contribution in [-0.4, -0.2) is 16.3 Å². The van der Waals surface area contributed by atoms with Crippen LogP contribution in [-0.2, 0) is 0 Å². The molecular formula is C12H19N3O2. The van der Waals surface area contributed by atoms with E-state index in [1.165, 1.54) is 16.8 Å². The summed E-state index contributed by atoms with van der Waals surface area (Å²) in [5.41, 5.74) is 5.37. The fraction of sp³-hybridized carbons (Fsp3) is 0.667.